The fourth-order valence-electron chi connectivity index (χ4n) is 1.95. The Morgan fingerprint density at radius 3 is 2.84 bits per heavy atom. The van der Waals surface area contributed by atoms with Crippen molar-refractivity contribution < 1.29 is 4.92 Å². The van der Waals surface area contributed by atoms with E-state index in [2.05, 4.69) is 23.7 Å². The van der Waals surface area contributed by atoms with Crippen LogP contribution in [0.15, 0.2) is 29.6 Å². The Kier molecular flexibility index (Phi) is 4.16. The molecular weight excluding hydrogens is 260 g/mol. The predicted molar refractivity (Wildman–Crippen MR) is 78.9 cm³/mol. The Morgan fingerprint density at radius 2 is 2.16 bits per heavy atom. The minimum absolute atomic E-state index is 0.134. The van der Waals surface area contributed by atoms with Crippen LogP contribution in [-0.2, 0) is 13.0 Å². The van der Waals surface area contributed by atoms with Gasteiger partial charge in [0, 0.05) is 17.5 Å². The van der Waals surface area contributed by atoms with Crippen molar-refractivity contribution >= 4 is 22.7 Å². The lowest BCUT2D eigenvalue weighted by Gasteiger charge is -2.08. The first-order chi connectivity index (χ1) is 9.11. The third-order valence-corrected chi connectivity index (χ3v) is 3.97. The molecule has 5 heteroatoms. The van der Waals surface area contributed by atoms with E-state index < -0.39 is 0 Å². The van der Waals surface area contributed by atoms with Crippen LogP contribution < -0.4 is 5.32 Å². The molecule has 0 aliphatic heterocycles. The molecule has 0 aliphatic carbocycles. The summed E-state index contributed by atoms with van der Waals surface area (Å²) >= 11 is 1.68. The van der Waals surface area contributed by atoms with Crippen LogP contribution >= 0.6 is 11.3 Å². The second-order valence-corrected chi connectivity index (χ2v) is 5.35. The highest BCUT2D eigenvalue weighted by molar-refractivity contribution is 7.10. The van der Waals surface area contributed by atoms with Crippen LogP contribution in [0.2, 0.25) is 0 Å². The molecular formula is C14H16N2O2S. The van der Waals surface area contributed by atoms with E-state index in [9.17, 15) is 10.1 Å². The van der Waals surface area contributed by atoms with Crippen molar-refractivity contribution in [1.82, 2.24) is 0 Å². The lowest BCUT2D eigenvalue weighted by Crippen LogP contribution is -2.03. The topological polar surface area (TPSA) is 55.2 Å². The lowest BCUT2D eigenvalue weighted by molar-refractivity contribution is -0.384. The number of anilines is 1. The zero-order valence-electron chi connectivity index (χ0n) is 11.0. The molecule has 19 heavy (non-hydrogen) atoms. The van der Waals surface area contributed by atoms with Gasteiger partial charge in [-0.05, 0) is 42.0 Å². The average Bonchev–Trinajstić information content (AvgIpc) is 2.84. The largest absolute Gasteiger partial charge is 0.375 e. The Hall–Kier alpha value is -1.88. The molecule has 1 aromatic carbocycles. The van der Waals surface area contributed by atoms with Crippen LogP contribution in [0.5, 0.6) is 0 Å². The number of nitrogens with zero attached hydrogens (tertiary/aromatic N) is 1. The molecule has 0 bridgehead atoms. The molecule has 1 N–H and O–H groups in total. The number of hydrogen-bond acceptors (Lipinski definition) is 4. The van der Waals surface area contributed by atoms with Crippen LogP contribution in [0.25, 0.3) is 0 Å². The summed E-state index contributed by atoms with van der Waals surface area (Å²) in [6.45, 7) is 4.59. The summed E-state index contributed by atoms with van der Waals surface area (Å²) < 4.78 is 0. The Morgan fingerprint density at radius 1 is 1.37 bits per heavy atom. The standard InChI is InChI=1S/C14H16N2O2S/c1-3-11-6-7-19-14(11)9-15-12-5-4-10(2)8-13(12)16(17)18/h4-8,15H,3,9H2,1-2H3. The van der Waals surface area contributed by atoms with Crippen LogP contribution in [0.3, 0.4) is 0 Å². The molecule has 0 radical (unpaired) electrons. The average molecular weight is 276 g/mol. The van der Waals surface area contributed by atoms with E-state index in [1.165, 1.54) is 10.4 Å². The van der Waals surface area contributed by atoms with Gasteiger partial charge in [0.05, 0.1) is 4.92 Å². The number of rotatable bonds is 5. The smallest absolute Gasteiger partial charge is 0.292 e. The monoisotopic (exact) mass is 276 g/mol. The van der Waals surface area contributed by atoms with Gasteiger partial charge in [-0.2, -0.15) is 0 Å². The van der Waals surface area contributed by atoms with E-state index >= 15 is 0 Å². The number of nitro groups is 1. The van der Waals surface area contributed by atoms with Gasteiger partial charge in [-0.15, -0.1) is 11.3 Å². The molecule has 2 rings (SSSR count). The third kappa shape index (κ3) is 3.12. The minimum atomic E-state index is -0.343. The Bertz CT molecular complexity index is 593. The molecule has 1 heterocycles. The van der Waals surface area contributed by atoms with E-state index in [0.29, 0.717) is 12.2 Å². The highest BCUT2D eigenvalue weighted by Gasteiger charge is 2.13. The van der Waals surface area contributed by atoms with Crippen LogP contribution in [0, 0.1) is 17.0 Å². The minimum Gasteiger partial charge on any atom is -0.375 e. The number of benzene rings is 1. The fourth-order valence-corrected chi connectivity index (χ4v) is 2.87. The lowest BCUT2D eigenvalue weighted by atomic mass is 10.2. The van der Waals surface area contributed by atoms with Crippen molar-refractivity contribution in [3.8, 4) is 0 Å². The normalized spacial score (nSPS) is 10.4. The van der Waals surface area contributed by atoms with Crippen LogP contribution in [0.1, 0.15) is 22.9 Å². The molecule has 0 aliphatic rings. The summed E-state index contributed by atoms with van der Waals surface area (Å²) in [6, 6.07) is 7.35. The summed E-state index contributed by atoms with van der Waals surface area (Å²) in [5, 5.41) is 16.2. The Balaban J connectivity index is 2.18. The summed E-state index contributed by atoms with van der Waals surface area (Å²) in [5.74, 6) is 0. The number of hydrogen-bond donors (Lipinski definition) is 1. The fraction of sp³-hybridized carbons (Fsp3) is 0.286. The number of nitrogens with one attached hydrogen (secondary N) is 1. The number of thiophene rings is 1. The molecule has 0 atom stereocenters. The molecule has 100 valence electrons. The SMILES string of the molecule is CCc1ccsc1CNc1ccc(C)cc1[N+](=O)[O-]. The van der Waals surface area contributed by atoms with E-state index in [1.807, 2.05) is 13.0 Å². The second kappa shape index (κ2) is 5.84. The van der Waals surface area contributed by atoms with Gasteiger partial charge in [-0.1, -0.05) is 13.0 Å². The van der Waals surface area contributed by atoms with Gasteiger partial charge >= 0.3 is 0 Å². The number of aryl methyl sites for hydroxylation is 2. The summed E-state index contributed by atoms with van der Waals surface area (Å²) in [7, 11) is 0. The van der Waals surface area contributed by atoms with Gasteiger partial charge in [-0.25, -0.2) is 0 Å². The van der Waals surface area contributed by atoms with Gasteiger partial charge in [0.15, 0.2) is 0 Å². The van der Waals surface area contributed by atoms with E-state index in [4.69, 9.17) is 0 Å². The van der Waals surface area contributed by atoms with E-state index in [-0.39, 0.29) is 10.6 Å². The summed E-state index contributed by atoms with van der Waals surface area (Å²) in [6.07, 6.45) is 0.983. The maximum atomic E-state index is 11.0. The molecule has 4 nitrogen and oxygen atoms in total. The van der Waals surface area contributed by atoms with Gasteiger partial charge in [0.25, 0.3) is 5.69 Å². The van der Waals surface area contributed by atoms with E-state index in [0.717, 1.165) is 12.0 Å². The molecule has 0 saturated heterocycles. The second-order valence-electron chi connectivity index (χ2n) is 4.35. The first kappa shape index (κ1) is 13.5. The zero-order valence-corrected chi connectivity index (χ0v) is 11.8. The van der Waals surface area contributed by atoms with Gasteiger partial charge in [0.1, 0.15) is 5.69 Å². The van der Waals surface area contributed by atoms with Crippen molar-refractivity contribution in [3.05, 3.63) is 55.8 Å². The quantitative estimate of drug-likeness (QED) is 0.659. The predicted octanol–water partition coefficient (Wildman–Crippen LogP) is 4.14. The third-order valence-electron chi connectivity index (χ3n) is 3.01. The van der Waals surface area contributed by atoms with Crippen molar-refractivity contribution in [2.75, 3.05) is 5.32 Å². The van der Waals surface area contributed by atoms with Crippen molar-refractivity contribution in [1.29, 1.82) is 0 Å². The maximum Gasteiger partial charge on any atom is 0.292 e. The van der Waals surface area contributed by atoms with Crippen LogP contribution in [0.4, 0.5) is 11.4 Å². The highest BCUT2D eigenvalue weighted by atomic mass is 32.1. The molecule has 0 fully saturated rings. The van der Waals surface area contributed by atoms with Crippen molar-refractivity contribution in [2.24, 2.45) is 0 Å². The summed E-state index contributed by atoms with van der Waals surface area (Å²) in [4.78, 5) is 11.9. The molecule has 0 unspecified atom stereocenters. The summed E-state index contributed by atoms with van der Waals surface area (Å²) in [5.41, 5.74) is 2.90. The molecule has 0 saturated carbocycles. The first-order valence-corrected chi connectivity index (χ1v) is 7.04. The van der Waals surface area contributed by atoms with Crippen molar-refractivity contribution in [2.45, 2.75) is 26.8 Å². The van der Waals surface area contributed by atoms with Crippen LogP contribution in [-0.4, -0.2) is 4.92 Å². The number of nitro benzene ring substituents is 1. The molecule has 2 aromatic rings. The van der Waals surface area contributed by atoms with Crippen molar-refractivity contribution in [3.63, 3.8) is 0 Å². The molecule has 1 aromatic heterocycles. The van der Waals surface area contributed by atoms with E-state index in [1.54, 1.807) is 23.5 Å². The first-order valence-electron chi connectivity index (χ1n) is 6.16. The van der Waals surface area contributed by atoms with Gasteiger partial charge < -0.3 is 5.32 Å². The molecule has 0 amide bonds. The maximum absolute atomic E-state index is 11.0. The zero-order chi connectivity index (χ0) is 13.8. The van der Waals surface area contributed by atoms with Gasteiger partial charge in [0.2, 0.25) is 0 Å². The Labute approximate surface area is 116 Å². The van der Waals surface area contributed by atoms with Gasteiger partial charge in [-0.3, -0.25) is 10.1 Å². The molecule has 0 spiro atoms. The highest BCUT2D eigenvalue weighted by Crippen LogP contribution is 2.27.